The van der Waals surface area contributed by atoms with Crippen LogP contribution in [0.4, 0.5) is 5.82 Å². The van der Waals surface area contributed by atoms with Crippen LogP contribution in [0.2, 0.25) is 5.15 Å². The number of anilines is 1. The molecule has 4 nitrogen and oxygen atoms in total. The van der Waals surface area contributed by atoms with Crippen LogP contribution >= 0.6 is 22.9 Å². The predicted octanol–water partition coefficient (Wildman–Crippen LogP) is 3.07. The summed E-state index contributed by atoms with van der Waals surface area (Å²) in [6.07, 6.45) is 4.40. The van der Waals surface area contributed by atoms with Crippen LogP contribution in [0.25, 0.3) is 0 Å². The molecule has 0 saturated carbocycles. The van der Waals surface area contributed by atoms with Gasteiger partial charge < -0.3 is 5.32 Å². The zero-order valence-corrected chi connectivity index (χ0v) is 11.3. The maximum absolute atomic E-state index is 5.92. The molecule has 2 heterocycles. The molecule has 0 amide bonds. The maximum atomic E-state index is 5.92. The highest BCUT2D eigenvalue weighted by Gasteiger charge is 2.06. The normalized spacial score (nSPS) is 10.5. The zero-order valence-electron chi connectivity index (χ0n) is 9.70. The van der Waals surface area contributed by atoms with Gasteiger partial charge in [0.1, 0.15) is 22.3 Å². The summed E-state index contributed by atoms with van der Waals surface area (Å²) in [5.74, 6) is 0.762. The van der Waals surface area contributed by atoms with Crippen LogP contribution in [0.15, 0.2) is 12.5 Å². The van der Waals surface area contributed by atoms with Crippen molar-refractivity contribution in [2.24, 2.45) is 0 Å². The minimum absolute atomic E-state index is 0.482. The third-order valence-corrected chi connectivity index (χ3v) is 3.90. The number of nitrogens with zero attached hydrogens (tertiary/aromatic N) is 3. The van der Waals surface area contributed by atoms with Crippen LogP contribution in [0.3, 0.4) is 0 Å². The quantitative estimate of drug-likeness (QED) is 0.866. The SMILES string of the molecule is CCc1cnc(CNc2ncnc(Cl)c2C)s1. The number of rotatable bonds is 4. The van der Waals surface area contributed by atoms with E-state index in [1.54, 1.807) is 11.3 Å². The van der Waals surface area contributed by atoms with Gasteiger partial charge in [-0.25, -0.2) is 15.0 Å². The van der Waals surface area contributed by atoms with Gasteiger partial charge in [-0.2, -0.15) is 0 Å². The van der Waals surface area contributed by atoms with Crippen LogP contribution in [0.5, 0.6) is 0 Å². The summed E-state index contributed by atoms with van der Waals surface area (Å²) in [4.78, 5) is 13.7. The van der Waals surface area contributed by atoms with E-state index in [0.717, 1.165) is 22.8 Å². The first kappa shape index (κ1) is 12.3. The molecule has 0 radical (unpaired) electrons. The lowest BCUT2D eigenvalue weighted by molar-refractivity contribution is 1.04. The van der Waals surface area contributed by atoms with Crippen molar-refractivity contribution >= 4 is 28.8 Å². The highest BCUT2D eigenvalue weighted by Crippen LogP contribution is 2.19. The van der Waals surface area contributed by atoms with Crippen LogP contribution in [-0.4, -0.2) is 15.0 Å². The molecule has 0 atom stereocenters. The van der Waals surface area contributed by atoms with Crippen molar-refractivity contribution < 1.29 is 0 Å². The van der Waals surface area contributed by atoms with Crippen molar-refractivity contribution in [2.45, 2.75) is 26.8 Å². The summed E-state index contributed by atoms with van der Waals surface area (Å²) in [5.41, 5.74) is 0.862. The number of nitrogens with one attached hydrogen (secondary N) is 1. The second-order valence-electron chi connectivity index (χ2n) is 3.57. The Labute approximate surface area is 109 Å². The molecule has 0 spiro atoms. The summed E-state index contributed by atoms with van der Waals surface area (Å²) in [6.45, 7) is 4.68. The summed E-state index contributed by atoms with van der Waals surface area (Å²) in [6, 6.07) is 0. The number of hydrogen-bond acceptors (Lipinski definition) is 5. The molecule has 2 aromatic rings. The fourth-order valence-corrected chi connectivity index (χ4v) is 2.29. The number of thiazole rings is 1. The van der Waals surface area contributed by atoms with Crippen LogP contribution in [-0.2, 0) is 13.0 Å². The molecule has 90 valence electrons. The standard InChI is InChI=1S/C11H13ClN4S/c1-3-8-4-13-9(17-8)5-14-11-7(2)10(12)15-6-16-11/h4,6H,3,5H2,1-2H3,(H,14,15,16). The average molecular weight is 269 g/mol. The Bertz CT molecular complexity index is 512. The molecule has 2 rings (SSSR count). The summed E-state index contributed by atoms with van der Waals surface area (Å²) < 4.78 is 0. The Hall–Kier alpha value is -1.20. The van der Waals surface area contributed by atoms with E-state index in [-0.39, 0.29) is 0 Å². The maximum Gasteiger partial charge on any atom is 0.137 e. The van der Waals surface area contributed by atoms with Gasteiger partial charge in [-0.15, -0.1) is 11.3 Å². The predicted molar refractivity (Wildman–Crippen MR) is 70.6 cm³/mol. The fourth-order valence-electron chi connectivity index (χ4n) is 1.36. The molecule has 0 saturated heterocycles. The topological polar surface area (TPSA) is 50.7 Å². The van der Waals surface area contributed by atoms with Crippen LogP contribution in [0.1, 0.15) is 22.4 Å². The van der Waals surface area contributed by atoms with Gasteiger partial charge in [0.2, 0.25) is 0 Å². The minimum atomic E-state index is 0.482. The molecule has 6 heteroatoms. The number of hydrogen-bond donors (Lipinski definition) is 1. The van der Waals surface area contributed by atoms with Crippen molar-refractivity contribution in [1.82, 2.24) is 15.0 Å². The molecule has 0 bridgehead atoms. The second kappa shape index (κ2) is 5.42. The van der Waals surface area contributed by atoms with Crippen LogP contribution < -0.4 is 5.32 Å². The van der Waals surface area contributed by atoms with E-state index in [1.165, 1.54) is 11.2 Å². The van der Waals surface area contributed by atoms with Gasteiger partial charge in [0.25, 0.3) is 0 Å². The van der Waals surface area contributed by atoms with E-state index >= 15 is 0 Å². The molecule has 2 aromatic heterocycles. The van der Waals surface area contributed by atoms with Gasteiger partial charge >= 0.3 is 0 Å². The monoisotopic (exact) mass is 268 g/mol. The van der Waals surface area contributed by atoms with Gasteiger partial charge in [0, 0.05) is 16.6 Å². The highest BCUT2D eigenvalue weighted by atomic mass is 35.5. The molecular formula is C11H13ClN4S. The van der Waals surface area contributed by atoms with E-state index in [9.17, 15) is 0 Å². The van der Waals surface area contributed by atoms with Gasteiger partial charge in [0.05, 0.1) is 6.54 Å². The van der Waals surface area contributed by atoms with Crippen molar-refractivity contribution in [3.63, 3.8) is 0 Å². The zero-order chi connectivity index (χ0) is 12.3. The molecular weight excluding hydrogens is 256 g/mol. The van der Waals surface area contributed by atoms with Gasteiger partial charge in [-0.1, -0.05) is 18.5 Å². The second-order valence-corrected chi connectivity index (χ2v) is 5.12. The van der Waals surface area contributed by atoms with Gasteiger partial charge in [-0.05, 0) is 13.3 Å². The first-order chi connectivity index (χ1) is 8.20. The number of aryl methyl sites for hydroxylation is 1. The molecule has 0 aromatic carbocycles. The number of aromatic nitrogens is 3. The molecule has 0 aliphatic heterocycles. The summed E-state index contributed by atoms with van der Waals surface area (Å²) in [7, 11) is 0. The van der Waals surface area contributed by atoms with Crippen molar-refractivity contribution in [3.05, 3.63) is 33.1 Å². The Morgan fingerprint density at radius 1 is 1.35 bits per heavy atom. The molecule has 0 aliphatic rings. The lowest BCUT2D eigenvalue weighted by Gasteiger charge is -2.06. The van der Waals surface area contributed by atoms with E-state index in [0.29, 0.717) is 11.7 Å². The summed E-state index contributed by atoms with van der Waals surface area (Å²) in [5, 5.41) is 4.75. The molecule has 0 unspecified atom stereocenters. The van der Waals surface area contributed by atoms with Crippen molar-refractivity contribution in [2.75, 3.05) is 5.32 Å². The minimum Gasteiger partial charge on any atom is -0.363 e. The van der Waals surface area contributed by atoms with E-state index in [2.05, 4.69) is 27.2 Å². The van der Waals surface area contributed by atoms with E-state index in [1.807, 2.05) is 13.1 Å². The largest absolute Gasteiger partial charge is 0.363 e. The highest BCUT2D eigenvalue weighted by molar-refractivity contribution is 7.11. The Morgan fingerprint density at radius 2 is 2.18 bits per heavy atom. The molecule has 1 N–H and O–H groups in total. The third-order valence-electron chi connectivity index (χ3n) is 2.38. The fraction of sp³-hybridized carbons (Fsp3) is 0.364. The van der Waals surface area contributed by atoms with Gasteiger partial charge in [0.15, 0.2) is 0 Å². The smallest absolute Gasteiger partial charge is 0.137 e. The first-order valence-corrected chi connectivity index (χ1v) is 6.54. The van der Waals surface area contributed by atoms with E-state index in [4.69, 9.17) is 11.6 Å². The Morgan fingerprint density at radius 3 is 2.88 bits per heavy atom. The lowest BCUT2D eigenvalue weighted by atomic mass is 10.3. The third kappa shape index (κ3) is 2.92. The van der Waals surface area contributed by atoms with Gasteiger partial charge in [-0.3, -0.25) is 0 Å². The van der Waals surface area contributed by atoms with E-state index < -0.39 is 0 Å². The average Bonchev–Trinajstić information content (AvgIpc) is 2.79. The van der Waals surface area contributed by atoms with Crippen molar-refractivity contribution in [3.8, 4) is 0 Å². The molecule has 17 heavy (non-hydrogen) atoms. The Kier molecular flexibility index (Phi) is 3.91. The molecule has 0 aliphatic carbocycles. The Balaban J connectivity index is 2.04. The summed E-state index contributed by atoms with van der Waals surface area (Å²) >= 11 is 7.63. The molecule has 0 fully saturated rings. The van der Waals surface area contributed by atoms with Crippen LogP contribution in [0, 0.1) is 6.92 Å². The van der Waals surface area contributed by atoms with Crippen molar-refractivity contribution in [1.29, 1.82) is 0 Å². The number of halogens is 1. The first-order valence-electron chi connectivity index (χ1n) is 5.35. The lowest BCUT2D eigenvalue weighted by Crippen LogP contribution is -2.03.